The second-order valence-electron chi connectivity index (χ2n) is 5.33. The molecule has 1 heterocycles. The van der Waals surface area contributed by atoms with Crippen LogP contribution in [0.1, 0.15) is 37.4 Å². The Labute approximate surface area is 131 Å². The fourth-order valence-corrected chi connectivity index (χ4v) is 2.31. The molecule has 0 saturated heterocycles. The Hall–Kier alpha value is -2.07. The van der Waals surface area contributed by atoms with Crippen molar-refractivity contribution in [3.05, 3.63) is 64.1 Å². The molecule has 4 heteroatoms. The number of nitrogens with zero attached hydrogens (tertiary/aromatic N) is 1. The molecule has 0 aliphatic heterocycles. The quantitative estimate of drug-likeness (QED) is 0.762. The van der Waals surface area contributed by atoms with Crippen molar-refractivity contribution in [2.75, 3.05) is 0 Å². The van der Waals surface area contributed by atoms with Crippen LogP contribution in [0.3, 0.4) is 0 Å². The van der Waals surface area contributed by atoms with Crippen LogP contribution in [-0.2, 0) is 19.8 Å². The van der Waals surface area contributed by atoms with Gasteiger partial charge in [-0.3, -0.25) is 4.79 Å². The van der Waals surface area contributed by atoms with Gasteiger partial charge in [0.15, 0.2) is 5.75 Å². The fourth-order valence-electron chi connectivity index (χ4n) is 2.31. The first-order chi connectivity index (χ1) is 10.7. The van der Waals surface area contributed by atoms with E-state index in [1.165, 1.54) is 6.07 Å². The van der Waals surface area contributed by atoms with E-state index in [9.17, 15) is 9.90 Å². The highest BCUT2D eigenvalue weighted by atomic mass is 16.5. The molecule has 0 unspecified atom stereocenters. The minimum atomic E-state index is -0.188. The molecule has 0 spiro atoms. The number of aryl methyl sites for hydroxylation is 1. The van der Waals surface area contributed by atoms with E-state index >= 15 is 0 Å². The zero-order valence-electron chi connectivity index (χ0n) is 13.0. The van der Waals surface area contributed by atoms with E-state index < -0.39 is 0 Å². The number of ether oxygens (including phenoxy) is 1. The summed E-state index contributed by atoms with van der Waals surface area (Å²) in [5.41, 5.74) is 1.46. The summed E-state index contributed by atoms with van der Waals surface area (Å²) in [7, 11) is 0. The first-order valence-corrected chi connectivity index (χ1v) is 7.75. The van der Waals surface area contributed by atoms with Crippen LogP contribution in [0.25, 0.3) is 0 Å². The van der Waals surface area contributed by atoms with Crippen LogP contribution in [0, 0.1) is 0 Å². The lowest BCUT2D eigenvalue weighted by Crippen LogP contribution is -2.15. The van der Waals surface area contributed by atoms with Crippen molar-refractivity contribution in [1.82, 2.24) is 4.57 Å². The molecule has 0 bridgehead atoms. The maximum absolute atomic E-state index is 12.1. The molecule has 1 N–H and O–H groups in total. The second-order valence-corrected chi connectivity index (χ2v) is 5.33. The zero-order chi connectivity index (χ0) is 15.8. The second kappa shape index (κ2) is 8.39. The average Bonchev–Trinajstić information content (AvgIpc) is 2.55. The monoisotopic (exact) mass is 301 g/mol. The molecule has 118 valence electrons. The number of aliphatic hydroxyl groups is 1. The van der Waals surface area contributed by atoms with Crippen LogP contribution in [0.15, 0.2) is 47.4 Å². The van der Waals surface area contributed by atoms with Crippen molar-refractivity contribution in [3.63, 3.8) is 0 Å². The Morgan fingerprint density at radius 1 is 1.18 bits per heavy atom. The van der Waals surface area contributed by atoms with Gasteiger partial charge in [0.25, 0.3) is 0 Å². The van der Waals surface area contributed by atoms with Crippen molar-refractivity contribution in [2.45, 2.75) is 45.9 Å². The van der Waals surface area contributed by atoms with Gasteiger partial charge < -0.3 is 14.4 Å². The molecule has 22 heavy (non-hydrogen) atoms. The summed E-state index contributed by atoms with van der Waals surface area (Å²) in [5.74, 6) is 0.331. The van der Waals surface area contributed by atoms with Crippen molar-refractivity contribution < 1.29 is 9.84 Å². The van der Waals surface area contributed by atoms with Gasteiger partial charge in [-0.2, -0.15) is 0 Å². The molecule has 0 atom stereocenters. The van der Waals surface area contributed by atoms with E-state index in [1.807, 2.05) is 34.9 Å². The van der Waals surface area contributed by atoms with E-state index in [1.54, 1.807) is 6.20 Å². The van der Waals surface area contributed by atoms with Crippen LogP contribution in [-0.4, -0.2) is 9.67 Å². The zero-order valence-corrected chi connectivity index (χ0v) is 13.0. The summed E-state index contributed by atoms with van der Waals surface area (Å²) >= 11 is 0. The van der Waals surface area contributed by atoms with Gasteiger partial charge >= 0.3 is 0 Å². The van der Waals surface area contributed by atoms with Gasteiger partial charge in [0.1, 0.15) is 6.61 Å². The van der Waals surface area contributed by atoms with Gasteiger partial charge in [-0.15, -0.1) is 0 Å². The number of aromatic nitrogens is 1. The molecule has 1 aromatic heterocycles. The van der Waals surface area contributed by atoms with Gasteiger partial charge in [-0.1, -0.05) is 50.1 Å². The molecule has 2 aromatic rings. The lowest BCUT2D eigenvalue weighted by Gasteiger charge is -2.14. The van der Waals surface area contributed by atoms with Gasteiger partial charge in [-0.05, 0) is 12.0 Å². The minimum Gasteiger partial charge on any atom is -0.483 e. The molecule has 0 saturated carbocycles. The number of aliphatic hydroxyl groups excluding tert-OH is 1. The standard InChI is InChI=1S/C18H23NO3/c1-2-3-7-10-19-12-18(17(21)11-16(19)13-20)22-14-15-8-5-4-6-9-15/h4-6,8-9,11-12,20H,2-3,7,10,13-14H2,1H3. The summed E-state index contributed by atoms with van der Waals surface area (Å²) in [6.45, 7) is 3.16. The van der Waals surface area contributed by atoms with E-state index in [-0.39, 0.29) is 12.0 Å². The predicted octanol–water partition coefficient (Wildman–Crippen LogP) is 3.11. The van der Waals surface area contributed by atoms with Gasteiger partial charge in [0.2, 0.25) is 5.43 Å². The summed E-state index contributed by atoms with van der Waals surface area (Å²) < 4.78 is 7.57. The normalized spacial score (nSPS) is 10.6. The van der Waals surface area contributed by atoms with Crippen LogP contribution in [0.5, 0.6) is 5.75 Å². The highest BCUT2D eigenvalue weighted by molar-refractivity contribution is 5.23. The van der Waals surface area contributed by atoms with E-state index in [0.717, 1.165) is 31.4 Å². The topological polar surface area (TPSA) is 51.5 Å². The third-order valence-electron chi connectivity index (χ3n) is 3.58. The van der Waals surface area contributed by atoms with Crippen LogP contribution < -0.4 is 10.2 Å². The third-order valence-corrected chi connectivity index (χ3v) is 3.58. The number of hydrogen-bond donors (Lipinski definition) is 1. The van der Waals surface area contributed by atoms with E-state index in [0.29, 0.717) is 18.1 Å². The fraction of sp³-hybridized carbons (Fsp3) is 0.389. The molecule has 0 aliphatic rings. The van der Waals surface area contributed by atoms with Crippen molar-refractivity contribution in [2.24, 2.45) is 0 Å². The van der Waals surface area contributed by atoms with E-state index in [4.69, 9.17) is 4.74 Å². The SMILES string of the molecule is CCCCCn1cc(OCc2ccccc2)c(=O)cc1CO. The van der Waals surface area contributed by atoms with Crippen LogP contribution in [0.2, 0.25) is 0 Å². The lowest BCUT2D eigenvalue weighted by atomic mass is 10.2. The maximum Gasteiger partial charge on any atom is 0.223 e. The van der Waals surface area contributed by atoms with Crippen molar-refractivity contribution >= 4 is 0 Å². The molecule has 0 aliphatic carbocycles. The summed E-state index contributed by atoms with van der Waals surface area (Å²) in [5, 5.41) is 9.40. The summed E-state index contributed by atoms with van der Waals surface area (Å²) in [4.78, 5) is 12.1. The van der Waals surface area contributed by atoms with Gasteiger partial charge in [0.05, 0.1) is 12.8 Å². The predicted molar refractivity (Wildman–Crippen MR) is 86.9 cm³/mol. The van der Waals surface area contributed by atoms with Crippen LogP contribution >= 0.6 is 0 Å². The molecular formula is C18H23NO3. The van der Waals surface area contributed by atoms with Crippen molar-refractivity contribution in [1.29, 1.82) is 0 Å². The minimum absolute atomic E-state index is 0.139. The number of unbranched alkanes of at least 4 members (excludes halogenated alkanes) is 2. The molecule has 2 rings (SSSR count). The number of pyridine rings is 1. The Morgan fingerprint density at radius 3 is 2.64 bits per heavy atom. The Kier molecular flexibility index (Phi) is 6.22. The summed E-state index contributed by atoms with van der Waals surface area (Å²) in [6.07, 6.45) is 4.99. The molecule has 0 fully saturated rings. The smallest absolute Gasteiger partial charge is 0.223 e. The largest absolute Gasteiger partial charge is 0.483 e. The molecule has 0 radical (unpaired) electrons. The Bertz CT molecular complexity index is 635. The number of hydrogen-bond acceptors (Lipinski definition) is 3. The first kappa shape index (κ1) is 16.3. The Balaban J connectivity index is 2.12. The molecule has 4 nitrogen and oxygen atoms in total. The van der Waals surface area contributed by atoms with Gasteiger partial charge in [-0.25, -0.2) is 0 Å². The molecule has 1 aromatic carbocycles. The maximum atomic E-state index is 12.1. The van der Waals surface area contributed by atoms with Crippen molar-refractivity contribution in [3.8, 4) is 5.75 Å². The first-order valence-electron chi connectivity index (χ1n) is 7.75. The third kappa shape index (κ3) is 4.46. The summed E-state index contributed by atoms with van der Waals surface area (Å²) in [6, 6.07) is 11.2. The highest BCUT2D eigenvalue weighted by Crippen LogP contribution is 2.11. The molecule has 0 amide bonds. The highest BCUT2D eigenvalue weighted by Gasteiger charge is 2.07. The number of rotatable bonds is 8. The lowest BCUT2D eigenvalue weighted by molar-refractivity contribution is 0.264. The molecular weight excluding hydrogens is 278 g/mol. The average molecular weight is 301 g/mol. The van der Waals surface area contributed by atoms with E-state index in [2.05, 4.69) is 6.92 Å². The van der Waals surface area contributed by atoms with Crippen LogP contribution in [0.4, 0.5) is 0 Å². The number of benzene rings is 1. The Morgan fingerprint density at radius 2 is 1.95 bits per heavy atom. The van der Waals surface area contributed by atoms with Gasteiger partial charge in [0, 0.05) is 18.3 Å².